The molecule has 1 aliphatic heterocycles. The molecule has 10 heteroatoms. The van der Waals surface area contributed by atoms with Gasteiger partial charge in [0.2, 0.25) is 0 Å². The third kappa shape index (κ3) is 5.87. The van der Waals surface area contributed by atoms with Gasteiger partial charge in [-0.2, -0.15) is 0 Å². The number of nitrogens with one attached hydrogen (secondary N) is 1. The molecule has 0 aromatic heterocycles. The van der Waals surface area contributed by atoms with Crippen molar-refractivity contribution in [2.45, 2.75) is 31.5 Å². The number of amides is 1. The van der Waals surface area contributed by atoms with Crippen molar-refractivity contribution in [3.8, 4) is 0 Å². The van der Waals surface area contributed by atoms with Crippen molar-refractivity contribution in [1.82, 2.24) is 0 Å². The summed E-state index contributed by atoms with van der Waals surface area (Å²) in [6.07, 6.45) is -0.914. The van der Waals surface area contributed by atoms with Gasteiger partial charge >= 0.3 is 0 Å². The van der Waals surface area contributed by atoms with Crippen LogP contribution in [0.15, 0.2) is 126 Å². The van der Waals surface area contributed by atoms with Crippen molar-refractivity contribution >= 4 is 38.7 Å². The Bertz CT molecular complexity index is 2000. The van der Waals surface area contributed by atoms with E-state index in [0.29, 0.717) is 22.6 Å². The molecule has 5 aromatic carbocycles. The van der Waals surface area contributed by atoms with E-state index >= 15 is 0 Å². The second-order valence-corrected chi connectivity index (χ2v) is 12.6. The van der Waals surface area contributed by atoms with Gasteiger partial charge in [-0.1, -0.05) is 77.9 Å². The van der Waals surface area contributed by atoms with E-state index in [4.69, 9.17) is 0 Å². The molecule has 1 N–H and O–H groups in total. The normalized spacial score (nSPS) is 14.6. The molecule has 0 spiro atoms. The summed E-state index contributed by atoms with van der Waals surface area (Å²) in [6.45, 7) is 4.12. The Morgan fingerprint density at radius 2 is 1.42 bits per heavy atom. The Balaban J connectivity index is 1.56. The van der Waals surface area contributed by atoms with Crippen LogP contribution in [0, 0.1) is 24.0 Å². The lowest BCUT2D eigenvalue weighted by Gasteiger charge is -2.45. The molecule has 1 heterocycles. The molecule has 0 aliphatic carbocycles. The summed E-state index contributed by atoms with van der Waals surface area (Å²) in [5.41, 5.74) is 4.60. The molecule has 5 aromatic rings. The number of rotatable bonds is 8. The first-order valence-electron chi connectivity index (χ1n) is 14.3. The summed E-state index contributed by atoms with van der Waals surface area (Å²) >= 11 is 0. The number of anilines is 3. The monoisotopic (exact) mass is 618 g/mol. The van der Waals surface area contributed by atoms with Crippen molar-refractivity contribution in [2.24, 2.45) is 0 Å². The van der Waals surface area contributed by atoms with Crippen LogP contribution in [-0.4, -0.2) is 19.2 Å². The summed E-state index contributed by atoms with van der Waals surface area (Å²) < 4.78 is 29.6. The average Bonchev–Trinajstić information content (AvgIpc) is 3.04. The highest BCUT2D eigenvalue weighted by atomic mass is 32.2. The minimum Gasteiger partial charge on any atom is -0.342 e. The topological polar surface area (TPSA) is 113 Å². The molecule has 0 saturated heterocycles. The number of fused-ring (bicyclic) bond motifs is 1. The minimum absolute atomic E-state index is 0.0807. The first-order valence-corrected chi connectivity index (χ1v) is 15.8. The van der Waals surface area contributed by atoms with E-state index < -0.39 is 27.0 Å². The van der Waals surface area contributed by atoms with E-state index in [1.807, 2.05) is 61.2 Å². The van der Waals surface area contributed by atoms with E-state index in [2.05, 4.69) is 4.72 Å². The second-order valence-electron chi connectivity index (χ2n) is 11.0. The number of sulfonamides is 1. The molecule has 1 atom stereocenters. The molecule has 1 amide bonds. The Morgan fingerprint density at radius 1 is 0.800 bits per heavy atom. The predicted molar refractivity (Wildman–Crippen MR) is 175 cm³/mol. The molecule has 1 aliphatic rings. The van der Waals surface area contributed by atoms with E-state index in [0.717, 1.165) is 16.7 Å². The largest absolute Gasteiger partial charge is 0.342 e. The fourth-order valence-corrected chi connectivity index (χ4v) is 6.63. The van der Waals surface area contributed by atoms with E-state index in [9.17, 15) is 23.3 Å². The number of hydrogen-bond acceptors (Lipinski definition) is 6. The SMILES string of the molecule is Cc1ccc(NS(=O)(=O)c2ccc3c(c2)C(=O)N(c2ccc(C)cc2)[C@H](c2ccccc2[N+](=O)[O-])N3Cc2ccccc2)cc1. The first kappa shape index (κ1) is 29.6. The number of nitrogens with zero attached hydrogens (tertiary/aromatic N) is 3. The number of carbonyl (C=O) groups excluding carboxylic acids is 1. The van der Waals surface area contributed by atoms with Crippen molar-refractivity contribution in [3.05, 3.63) is 159 Å². The summed E-state index contributed by atoms with van der Waals surface area (Å²) in [4.78, 5) is 29.7. The Morgan fingerprint density at radius 3 is 2.09 bits per heavy atom. The summed E-state index contributed by atoms with van der Waals surface area (Å²) in [5.74, 6) is -0.478. The van der Waals surface area contributed by atoms with Gasteiger partial charge in [0.25, 0.3) is 21.6 Å². The lowest BCUT2D eigenvalue weighted by Crippen LogP contribution is -2.49. The smallest absolute Gasteiger partial charge is 0.276 e. The van der Waals surface area contributed by atoms with Crippen LogP contribution in [0.3, 0.4) is 0 Å². The predicted octanol–water partition coefficient (Wildman–Crippen LogP) is 7.38. The molecular weight excluding hydrogens is 588 g/mol. The van der Waals surface area contributed by atoms with Gasteiger partial charge in [0.1, 0.15) is 6.17 Å². The number of benzene rings is 5. The van der Waals surface area contributed by atoms with Gasteiger partial charge in [-0.05, 0) is 67.9 Å². The van der Waals surface area contributed by atoms with Gasteiger partial charge in [-0.3, -0.25) is 24.5 Å². The van der Waals surface area contributed by atoms with Gasteiger partial charge in [0, 0.05) is 24.0 Å². The minimum atomic E-state index is -4.06. The summed E-state index contributed by atoms with van der Waals surface area (Å²) in [6, 6.07) is 34.7. The summed E-state index contributed by atoms with van der Waals surface area (Å²) in [7, 11) is -4.06. The Kier molecular flexibility index (Phi) is 7.82. The lowest BCUT2D eigenvalue weighted by atomic mass is 9.98. The zero-order valence-corrected chi connectivity index (χ0v) is 25.4. The highest BCUT2D eigenvalue weighted by molar-refractivity contribution is 7.92. The Labute approximate surface area is 261 Å². The Hall–Kier alpha value is -5.48. The molecule has 226 valence electrons. The van der Waals surface area contributed by atoms with Gasteiger partial charge < -0.3 is 4.90 Å². The van der Waals surface area contributed by atoms with Gasteiger partial charge in [-0.15, -0.1) is 0 Å². The maximum absolute atomic E-state index is 14.6. The molecule has 0 radical (unpaired) electrons. The third-order valence-corrected chi connectivity index (χ3v) is 9.18. The highest BCUT2D eigenvalue weighted by Crippen LogP contribution is 2.45. The van der Waals surface area contributed by atoms with Gasteiger partial charge in [0.05, 0.1) is 26.6 Å². The lowest BCUT2D eigenvalue weighted by molar-refractivity contribution is -0.385. The molecule has 9 nitrogen and oxygen atoms in total. The van der Waals surface area contributed by atoms with Crippen LogP contribution in [0.25, 0.3) is 0 Å². The molecule has 0 saturated carbocycles. The fourth-order valence-electron chi connectivity index (χ4n) is 5.55. The van der Waals surface area contributed by atoms with Crippen LogP contribution >= 0.6 is 0 Å². The van der Waals surface area contributed by atoms with E-state index in [1.165, 1.54) is 23.1 Å². The van der Waals surface area contributed by atoms with Crippen LogP contribution < -0.4 is 14.5 Å². The number of para-hydroxylation sites is 1. The molecule has 6 rings (SSSR count). The van der Waals surface area contributed by atoms with Crippen LogP contribution in [0.2, 0.25) is 0 Å². The zero-order valence-electron chi connectivity index (χ0n) is 24.6. The van der Waals surface area contributed by atoms with Gasteiger partial charge in [0.15, 0.2) is 0 Å². The second kappa shape index (κ2) is 11.9. The zero-order chi connectivity index (χ0) is 31.7. The number of nitro benzene ring substituents is 1. The number of carbonyl (C=O) groups is 1. The molecular formula is C35H30N4O5S. The summed E-state index contributed by atoms with van der Waals surface area (Å²) in [5, 5.41) is 12.3. The van der Waals surface area contributed by atoms with Crippen molar-refractivity contribution < 1.29 is 18.1 Å². The van der Waals surface area contributed by atoms with Crippen molar-refractivity contribution in [2.75, 3.05) is 14.5 Å². The first-order chi connectivity index (χ1) is 21.6. The highest BCUT2D eigenvalue weighted by Gasteiger charge is 2.42. The van der Waals surface area contributed by atoms with Gasteiger partial charge in [-0.25, -0.2) is 8.42 Å². The van der Waals surface area contributed by atoms with Crippen LogP contribution in [0.4, 0.5) is 22.7 Å². The molecule has 0 bridgehead atoms. The van der Waals surface area contributed by atoms with Crippen molar-refractivity contribution in [1.29, 1.82) is 0 Å². The number of aryl methyl sites for hydroxylation is 2. The van der Waals surface area contributed by atoms with Crippen LogP contribution in [-0.2, 0) is 16.6 Å². The van der Waals surface area contributed by atoms with E-state index in [1.54, 1.807) is 60.7 Å². The van der Waals surface area contributed by atoms with Crippen molar-refractivity contribution in [3.63, 3.8) is 0 Å². The molecule has 45 heavy (non-hydrogen) atoms. The fraction of sp³-hybridized carbons (Fsp3) is 0.114. The maximum Gasteiger partial charge on any atom is 0.276 e. The van der Waals surface area contributed by atoms with E-state index in [-0.39, 0.29) is 22.7 Å². The maximum atomic E-state index is 14.6. The number of nitro groups is 1. The standard InChI is InChI=1S/C35H30N4O5S/c1-24-12-16-27(17-13-24)36-45(43,44)29-20-21-32-31(22-29)35(40)38(28-18-14-25(2)15-19-28)34(30-10-6-7-11-33(30)39(41)42)37(32)23-26-8-4-3-5-9-26/h3-22,34,36H,23H2,1-2H3/t34-/m1/s1. The average molecular weight is 619 g/mol. The molecule has 0 unspecified atom stereocenters. The third-order valence-electron chi connectivity index (χ3n) is 7.80. The molecule has 0 fully saturated rings. The van der Waals surface area contributed by atoms with Crippen LogP contribution in [0.5, 0.6) is 0 Å². The number of hydrogen-bond donors (Lipinski definition) is 1. The van der Waals surface area contributed by atoms with Crippen LogP contribution in [0.1, 0.15) is 38.8 Å². The quantitative estimate of drug-likeness (QED) is 0.143.